The van der Waals surface area contributed by atoms with E-state index in [1.54, 1.807) is 5.56 Å². The molecule has 3 aliphatic rings. The molecule has 1 aromatic rings. The van der Waals surface area contributed by atoms with Gasteiger partial charge in [0.05, 0.1) is 0 Å². The maximum atomic E-state index is 2.65. The minimum absolute atomic E-state index is 0.502. The molecule has 1 aromatic carbocycles. The molecule has 0 unspecified atom stereocenters. The Morgan fingerprint density at radius 1 is 0.944 bits per heavy atom. The average molecular weight is 243 g/mol. The van der Waals surface area contributed by atoms with E-state index in [0.717, 1.165) is 0 Å². The van der Waals surface area contributed by atoms with Gasteiger partial charge in [0.2, 0.25) is 0 Å². The fourth-order valence-electron chi connectivity index (χ4n) is 3.75. The summed E-state index contributed by atoms with van der Waals surface area (Å²) in [6, 6.07) is 9.53. The summed E-state index contributed by atoms with van der Waals surface area (Å²) >= 11 is 0. The molecule has 0 aliphatic carbocycles. The van der Waals surface area contributed by atoms with Crippen molar-refractivity contribution in [1.29, 1.82) is 0 Å². The second-order valence-corrected chi connectivity index (χ2v) is 6.50. The van der Waals surface area contributed by atoms with E-state index in [2.05, 4.69) is 43.0 Å². The topological polar surface area (TPSA) is 3.24 Å². The Morgan fingerprint density at radius 3 is 2.22 bits per heavy atom. The molecule has 3 fully saturated rings. The van der Waals surface area contributed by atoms with Crippen LogP contribution in [0.2, 0.25) is 0 Å². The van der Waals surface area contributed by atoms with Crippen molar-refractivity contribution in [2.24, 2.45) is 0 Å². The summed E-state index contributed by atoms with van der Waals surface area (Å²) in [5, 5.41) is 0. The molecule has 3 aliphatic heterocycles. The van der Waals surface area contributed by atoms with Crippen LogP contribution in [0.15, 0.2) is 24.3 Å². The monoisotopic (exact) mass is 243 g/mol. The van der Waals surface area contributed by atoms with E-state index < -0.39 is 0 Å². The highest BCUT2D eigenvalue weighted by molar-refractivity contribution is 5.31. The number of nitrogens with zero attached hydrogens (tertiary/aromatic N) is 1. The van der Waals surface area contributed by atoms with Crippen LogP contribution in [0.25, 0.3) is 0 Å². The molecule has 2 bridgehead atoms. The van der Waals surface area contributed by atoms with Crippen molar-refractivity contribution < 1.29 is 0 Å². The Morgan fingerprint density at radius 2 is 1.61 bits per heavy atom. The van der Waals surface area contributed by atoms with E-state index in [4.69, 9.17) is 0 Å². The van der Waals surface area contributed by atoms with Gasteiger partial charge in [0.15, 0.2) is 0 Å². The van der Waals surface area contributed by atoms with E-state index in [0.29, 0.717) is 11.3 Å². The fraction of sp³-hybridized carbons (Fsp3) is 0.647. The molecule has 0 amide bonds. The normalized spacial score (nSPS) is 31.6. The second kappa shape index (κ2) is 4.70. The van der Waals surface area contributed by atoms with Crippen LogP contribution in [0.4, 0.5) is 0 Å². The minimum atomic E-state index is 0.502. The van der Waals surface area contributed by atoms with Gasteiger partial charge in [-0.1, -0.05) is 38.1 Å². The van der Waals surface area contributed by atoms with Crippen LogP contribution in [-0.4, -0.2) is 24.5 Å². The lowest BCUT2D eigenvalue weighted by atomic mass is 9.71. The second-order valence-electron chi connectivity index (χ2n) is 6.50. The minimum Gasteiger partial charge on any atom is -0.303 e. The molecule has 0 N–H and O–H groups in total. The molecule has 0 aromatic heterocycles. The molecule has 1 nitrogen and oxygen atoms in total. The quantitative estimate of drug-likeness (QED) is 0.760. The smallest absolute Gasteiger partial charge is 0.00102 e. The Hall–Kier alpha value is -0.820. The zero-order valence-electron chi connectivity index (χ0n) is 11.8. The number of piperidine rings is 1. The zero-order valence-corrected chi connectivity index (χ0v) is 11.8. The van der Waals surface area contributed by atoms with Crippen LogP contribution in [0, 0.1) is 0 Å². The lowest BCUT2D eigenvalue weighted by Gasteiger charge is -2.38. The molecule has 1 heteroatoms. The Balaban J connectivity index is 1.88. The summed E-state index contributed by atoms with van der Waals surface area (Å²) in [5.41, 5.74) is 3.58. The Kier molecular flexibility index (Phi) is 3.19. The number of fused-ring (bicyclic) bond motifs is 4. The SMILES string of the molecule is CC(C)c1ccc(C23CCCN(CC2)CC3)cc1. The van der Waals surface area contributed by atoms with Crippen LogP contribution in [0.5, 0.6) is 0 Å². The van der Waals surface area contributed by atoms with Gasteiger partial charge >= 0.3 is 0 Å². The van der Waals surface area contributed by atoms with Crippen LogP contribution in [-0.2, 0) is 5.41 Å². The van der Waals surface area contributed by atoms with Crippen LogP contribution in [0.1, 0.15) is 56.6 Å². The summed E-state index contributed by atoms with van der Waals surface area (Å²) in [6.45, 7) is 8.50. The van der Waals surface area contributed by atoms with Crippen molar-refractivity contribution in [3.05, 3.63) is 35.4 Å². The number of hydrogen-bond acceptors (Lipinski definition) is 1. The van der Waals surface area contributed by atoms with Gasteiger partial charge in [-0.2, -0.15) is 0 Å². The zero-order chi connectivity index (χ0) is 12.6. The number of rotatable bonds is 2. The van der Waals surface area contributed by atoms with Gasteiger partial charge in [0, 0.05) is 0 Å². The third kappa shape index (κ3) is 2.09. The first-order chi connectivity index (χ1) is 8.70. The summed E-state index contributed by atoms with van der Waals surface area (Å²) in [5.74, 6) is 0.646. The van der Waals surface area contributed by atoms with Crippen molar-refractivity contribution in [3.8, 4) is 0 Å². The molecule has 0 saturated carbocycles. The molecule has 0 spiro atoms. The van der Waals surface area contributed by atoms with Crippen molar-refractivity contribution in [1.82, 2.24) is 4.90 Å². The first-order valence-electron chi connectivity index (χ1n) is 7.52. The van der Waals surface area contributed by atoms with Crippen LogP contribution in [0.3, 0.4) is 0 Å². The lowest BCUT2D eigenvalue weighted by Crippen LogP contribution is -2.38. The molecule has 3 saturated heterocycles. The van der Waals surface area contributed by atoms with Crippen molar-refractivity contribution in [2.75, 3.05) is 19.6 Å². The molecule has 0 radical (unpaired) electrons. The summed E-state index contributed by atoms with van der Waals surface area (Å²) in [4.78, 5) is 2.65. The third-order valence-corrected chi connectivity index (χ3v) is 5.13. The average Bonchev–Trinajstić information content (AvgIpc) is 2.73. The van der Waals surface area contributed by atoms with Gasteiger partial charge in [-0.05, 0) is 67.8 Å². The summed E-state index contributed by atoms with van der Waals surface area (Å²) in [7, 11) is 0. The number of hydrogen-bond donors (Lipinski definition) is 0. The Bertz CT molecular complexity index is 391. The van der Waals surface area contributed by atoms with Crippen molar-refractivity contribution >= 4 is 0 Å². The highest BCUT2D eigenvalue weighted by atomic mass is 15.1. The van der Waals surface area contributed by atoms with Gasteiger partial charge in [0.25, 0.3) is 0 Å². The molecule has 3 heterocycles. The fourth-order valence-corrected chi connectivity index (χ4v) is 3.75. The van der Waals surface area contributed by atoms with Crippen molar-refractivity contribution in [3.63, 3.8) is 0 Å². The van der Waals surface area contributed by atoms with Gasteiger partial charge in [-0.25, -0.2) is 0 Å². The van der Waals surface area contributed by atoms with Crippen LogP contribution >= 0.6 is 0 Å². The highest BCUT2D eigenvalue weighted by Gasteiger charge is 2.38. The van der Waals surface area contributed by atoms with E-state index in [1.807, 2.05) is 0 Å². The van der Waals surface area contributed by atoms with E-state index in [1.165, 1.54) is 50.9 Å². The van der Waals surface area contributed by atoms with Gasteiger partial charge in [-0.3, -0.25) is 0 Å². The highest BCUT2D eigenvalue weighted by Crippen LogP contribution is 2.42. The lowest BCUT2D eigenvalue weighted by molar-refractivity contribution is 0.198. The first-order valence-corrected chi connectivity index (χ1v) is 7.52. The maximum absolute atomic E-state index is 2.65. The van der Waals surface area contributed by atoms with E-state index in [-0.39, 0.29) is 0 Å². The van der Waals surface area contributed by atoms with Gasteiger partial charge < -0.3 is 4.90 Å². The number of benzene rings is 1. The van der Waals surface area contributed by atoms with E-state index >= 15 is 0 Å². The molecule has 4 rings (SSSR count). The predicted molar refractivity (Wildman–Crippen MR) is 77.1 cm³/mol. The summed E-state index contributed by atoms with van der Waals surface area (Å²) < 4.78 is 0. The molecular weight excluding hydrogens is 218 g/mol. The third-order valence-electron chi connectivity index (χ3n) is 5.13. The molecule has 18 heavy (non-hydrogen) atoms. The van der Waals surface area contributed by atoms with E-state index in [9.17, 15) is 0 Å². The largest absolute Gasteiger partial charge is 0.303 e. The van der Waals surface area contributed by atoms with Gasteiger partial charge in [-0.15, -0.1) is 0 Å². The molecule has 98 valence electrons. The molecular formula is C17H25N. The Labute approximate surface area is 111 Å². The molecule has 0 atom stereocenters. The van der Waals surface area contributed by atoms with Crippen LogP contribution < -0.4 is 0 Å². The predicted octanol–water partition coefficient (Wildman–Crippen LogP) is 3.94. The summed E-state index contributed by atoms with van der Waals surface area (Å²) in [6.07, 6.45) is 5.51. The van der Waals surface area contributed by atoms with Crippen molar-refractivity contribution in [2.45, 2.75) is 50.9 Å². The first kappa shape index (κ1) is 12.2. The standard InChI is InChI=1S/C17H25N/c1-14(2)15-4-6-16(7-5-15)17-8-3-11-18(12-9-17)13-10-17/h4-7,14H,3,8-13H2,1-2H3. The van der Waals surface area contributed by atoms with Gasteiger partial charge in [0.1, 0.15) is 0 Å². The maximum Gasteiger partial charge on any atom is -0.00102 e.